The van der Waals surface area contributed by atoms with E-state index in [4.69, 9.17) is 14.0 Å². The number of aryl methyl sites for hydroxylation is 1. The molecule has 0 bridgehead atoms. The first kappa shape index (κ1) is 28.0. The lowest BCUT2D eigenvalue weighted by Crippen LogP contribution is -2.57. The number of methoxy groups -OCH3 is 1. The van der Waals surface area contributed by atoms with Crippen LogP contribution >= 0.6 is 0 Å². The largest absolute Gasteiger partial charge is 0.394 e. The molecule has 1 saturated heterocycles. The van der Waals surface area contributed by atoms with Crippen molar-refractivity contribution in [2.75, 3.05) is 13.7 Å². The van der Waals surface area contributed by atoms with Gasteiger partial charge in [0.2, 0.25) is 0 Å². The first-order valence-electron chi connectivity index (χ1n) is 12.7. The van der Waals surface area contributed by atoms with Crippen molar-refractivity contribution in [3.63, 3.8) is 0 Å². The smallest absolute Gasteiger partial charge is 0.172 e. The van der Waals surface area contributed by atoms with E-state index in [0.29, 0.717) is 11.3 Å². The van der Waals surface area contributed by atoms with Gasteiger partial charge in [-0.1, -0.05) is 46.8 Å². The van der Waals surface area contributed by atoms with Gasteiger partial charge in [-0.15, -0.1) is 5.10 Å². The zero-order valence-electron chi connectivity index (χ0n) is 22.1. The van der Waals surface area contributed by atoms with Crippen LogP contribution in [0, 0.1) is 18.6 Å². The third kappa shape index (κ3) is 5.04. The van der Waals surface area contributed by atoms with Crippen LogP contribution in [0.4, 0.5) is 8.78 Å². The van der Waals surface area contributed by atoms with Crippen molar-refractivity contribution in [1.29, 1.82) is 0 Å². The third-order valence-electron chi connectivity index (χ3n) is 7.39. The molecule has 3 heterocycles. The Balaban J connectivity index is 1.43. The quantitative estimate of drug-likeness (QED) is 0.299. The summed E-state index contributed by atoms with van der Waals surface area (Å²) >= 11 is 0. The van der Waals surface area contributed by atoms with Gasteiger partial charge in [-0.25, -0.2) is 13.5 Å². The van der Waals surface area contributed by atoms with E-state index >= 15 is 0 Å². The second kappa shape index (κ2) is 11.1. The lowest BCUT2D eigenvalue weighted by atomic mass is 9.89. The predicted octanol–water partition coefficient (Wildman–Crippen LogP) is 2.69. The number of rotatable bonds is 8. The first-order valence-corrected chi connectivity index (χ1v) is 12.7. The van der Waals surface area contributed by atoms with Gasteiger partial charge in [0.05, 0.1) is 24.6 Å². The summed E-state index contributed by atoms with van der Waals surface area (Å²) in [7, 11) is 1.43. The van der Waals surface area contributed by atoms with Crippen LogP contribution < -0.4 is 0 Å². The number of hydrogen-bond acceptors (Lipinski definition) is 9. The SMILES string of the molecule is CO[C@@H]1[C@@H](n2cc(-c3ccc(C)c(F)c3F)nn2)[C@@H](O)[C@@H](CO)O[C@@H]1Cc1cc([C@](C)(O)c2ccccc2)on1. The zero-order chi connectivity index (χ0) is 28.6. The molecule has 2 aromatic heterocycles. The van der Waals surface area contributed by atoms with Crippen LogP contribution in [0.5, 0.6) is 0 Å². The Kier molecular flexibility index (Phi) is 7.80. The average Bonchev–Trinajstić information content (AvgIpc) is 3.63. The van der Waals surface area contributed by atoms with Gasteiger partial charge in [0.25, 0.3) is 0 Å². The number of halogens is 2. The van der Waals surface area contributed by atoms with Crippen molar-refractivity contribution in [3.8, 4) is 11.3 Å². The van der Waals surface area contributed by atoms with Crippen LogP contribution in [0.3, 0.4) is 0 Å². The Bertz CT molecular complexity index is 1460. The monoisotopic (exact) mass is 556 g/mol. The summed E-state index contributed by atoms with van der Waals surface area (Å²) in [5.41, 5.74) is -0.234. The molecule has 10 nitrogen and oxygen atoms in total. The summed E-state index contributed by atoms with van der Waals surface area (Å²) in [5.74, 6) is -1.81. The van der Waals surface area contributed by atoms with Gasteiger partial charge in [-0.2, -0.15) is 0 Å². The van der Waals surface area contributed by atoms with E-state index in [1.54, 1.807) is 37.3 Å². The van der Waals surface area contributed by atoms with E-state index in [1.165, 1.54) is 37.0 Å². The summed E-state index contributed by atoms with van der Waals surface area (Å²) in [6.45, 7) is 2.55. The molecule has 0 unspecified atom stereocenters. The maximum absolute atomic E-state index is 14.6. The Morgan fingerprint density at radius 1 is 1.10 bits per heavy atom. The molecule has 2 aromatic carbocycles. The van der Waals surface area contributed by atoms with E-state index in [9.17, 15) is 24.1 Å². The lowest BCUT2D eigenvalue weighted by molar-refractivity contribution is -0.212. The standard InChI is InChI=1S/C28H30F2N4O6/c1-15-9-10-18(24(30)23(15)29)19-13-34(33-31-19)25-26(36)21(14-35)39-20(27(25)38-3)11-17-12-22(40-32-17)28(2,37)16-7-5-4-6-8-16/h4-10,12-13,20-21,25-27,35-37H,11,14H2,1-3H3/t20-,21-,25+,26+,27+,28-/m1/s1. The van der Waals surface area contributed by atoms with Crippen molar-refractivity contribution in [1.82, 2.24) is 20.2 Å². The second-order valence-corrected chi connectivity index (χ2v) is 10.0. The van der Waals surface area contributed by atoms with E-state index in [0.717, 1.165) is 0 Å². The first-order chi connectivity index (χ1) is 19.1. The van der Waals surface area contributed by atoms with Crippen LogP contribution in [-0.2, 0) is 21.5 Å². The van der Waals surface area contributed by atoms with Crippen LogP contribution in [0.15, 0.2) is 59.3 Å². The van der Waals surface area contributed by atoms with E-state index in [-0.39, 0.29) is 29.0 Å². The van der Waals surface area contributed by atoms with Crippen LogP contribution in [-0.4, -0.2) is 73.6 Å². The molecule has 4 aromatic rings. The van der Waals surface area contributed by atoms with E-state index in [1.807, 2.05) is 6.07 Å². The molecule has 40 heavy (non-hydrogen) atoms. The van der Waals surface area contributed by atoms with Crippen LogP contribution in [0.25, 0.3) is 11.3 Å². The normalized spacial score (nSPS) is 24.6. The minimum Gasteiger partial charge on any atom is -0.394 e. The number of ether oxygens (including phenoxy) is 2. The molecule has 0 saturated carbocycles. The summed E-state index contributed by atoms with van der Waals surface area (Å²) in [6, 6.07) is 12.5. The molecule has 6 atom stereocenters. The molecule has 0 aliphatic carbocycles. The minimum atomic E-state index is -1.44. The maximum Gasteiger partial charge on any atom is 0.172 e. The third-order valence-corrected chi connectivity index (χ3v) is 7.39. The fourth-order valence-corrected chi connectivity index (χ4v) is 5.07. The molecular weight excluding hydrogens is 526 g/mol. The number of aliphatic hydroxyl groups is 3. The van der Waals surface area contributed by atoms with Gasteiger partial charge in [0.15, 0.2) is 17.4 Å². The number of benzene rings is 2. The summed E-state index contributed by atoms with van der Waals surface area (Å²) < 4.78 is 47.3. The molecular formula is C28H30F2N4O6. The summed E-state index contributed by atoms with van der Waals surface area (Å²) in [6.07, 6.45) is -2.31. The Hall–Kier alpha value is -3.55. The molecule has 1 fully saturated rings. The van der Waals surface area contributed by atoms with Gasteiger partial charge < -0.3 is 29.3 Å². The fraction of sp³-hybridized carbons (Fsp3) is 0.393. The highest BCUT2D eigenvalue weighted by Gasteiger charge is 2.47. The van der Waals surface area contributed by atoms with Crippen molar-refractivity contribution >= 4 is 0 Å². The Labute approximate surface area is 228 Å². The zero-order valence-corrected chi connectivity index (χ0v) is 22.1. The summed E-state index contributed by atoms with van der Waals surface area (Å²) in [4.78, 5) is 0. The van der Waals surface area contributed by atoms with Crippen molar-refractivity contribution in [3.05, 3.63) is 88.9 Å². The molecule has 1 aliphatic rings. The highest BCUT2D eigenvalue weighted by molar-refractivity contribution is 5.59. The van der Waals surface area contributed by atoms with Gasteiger partial charge in [0.1, 0.15) is 35.6 Å². The predicted molar refractivity (Wildman–Crippen MR) is 137 cm³/mol. The Morgan fingerprint density at radius 3 is 2.55 bits per heavy atom. The molecule has 0 amide bonds. The highest BCUT2D eigenvalue weighted by Crippen LogP contribution is 2.35. The topological polar surface area (TPSA) is 136 Å². The molecule has 5 rings (SSSR count). The summed E-state index contributed by atoms with van der Waals surface area (Å²) in [5, 5.41) is 44.3. The van der Waals surface area contributed by atoms with E-state index < -0.39 is 54.3 Å². The fourth-order valence-electron chi connectivity index (χ4n) is 5.07. The second-order valence-electron chi connectivity index (χ2n) is 10.0. The maximum atomic E-state index is 14.6. The molecule has 1 aliphatic heterocycles. The van der Waals surface area contributed by atoms with Crippen molar-refractivity contribution < 1.29 is 38.1 Å². The highest BCUT2D eigenvalue weighted by atomic mass is 19.2. The van der Waals surface area contributed by atoms with Crippen molar-refractivity contribution in [2.45, 2.75) is 56.3 Å². The number of hydrogen-bond donors (Lipinski definition) is 3. The van der Waals surface area contributed by atoms with Crippen molar-refractivity contribution in [2.24, 2.45) is 0 Å². The van der Waals surface area contributed by atoms with Gasteiger partial charge in [-0.3, -0.25) is 0 Å². The molecule has 12 heteroatoms. The Morgan fingerprint density at radius 2 is 1.85 bits per heavy atom. The number of aliphatic hydroxyl groups excluding tert-OH is 2. The lowest BCUT2D eigenvalue weighted by Gasteiger charge is -2.43. The van der Waals surface area contributed by atoms with Crippen LogP contribution in [0.2, 0.25) is 0 Å². The van der Waals surface area contributed by atoms with Gasteiger partial charge in [0, 0.05) is 25.2 Å². The molecule has 0 spiro atoms. The molecule has 0 radical (unpaired) electrons. The molecule has 3 N–H and O–H groups in total. The number of aromatic nitrogens is 4. The van der Waals surface area contributed by atoms with E-state index in [2.05, 4.69) is 15.5 Å². The molecule has 212 valence electrons. The van der Waals surface area contributed by atoms with Gasteiger partial charge in [-0.05, 0) is 31.0 Å². The average molecular weight is 557 g/mol. The minimum absolute atomic E-state index is 0.0614. The van der Waals surface area contributed by atoms with Crippen LogP contribution in [0.1, 0.15) is 35.5 Å². The van der Waals surface area contributed by atoms with Gasteiger partial charge >= 0.3 is 0 Å². The number of nitrogens with zero attached hydrogens (tertiary/aromatic N) is 4.